The molecule has 7 aromatic carbocycles. The molecule has 9 aromatic rings. The summed E-state index contributed by atoms with van der Waals surface area (Å²) in [6.07, 6.45) is 0. The number of aromatic nitrogens is 3. The maximum atomic E-state index is 6.54. The lowest BCUT2D eigenvalue weighted by atomic mass is 9.94. The zero-order valence-electron chi connectivity index (χ0n) is 25.3. The van der Waals surface area contributed by atoms with Gasteiger partial charge in [0.1, 0.15) is 11.2 Å². The molecule has 2 aromatic heterocycles. The lowest BCUT2D eigenvalue weighted by Gasteiger charge is -2.11. The van der Waals surface area contributed by atoms with Crippen LogP contribution >= 0.6 is 0 Å². The van der Waals surface area contributed by atoms with Gasteiger partial charge in [-0.25, -0.2) is 15.0 Å². The van der Waals surface area contributed by atoms with Crippen LogP contribution in [0.5, 0.6) is 0 Å². The van der Waals surface area contributed by atoms with E-state index in [0.717, 1.165) is 60.9 Å². The van der Waals surface area contributed by atoms with E-state index in [1.54, 1.807) is 0 Å². The molecule has 0 bridgehead atoms. The Morgan fingerprint density at radius 3 is 1.53 bits per heavy atom. The minimum atomic E-state index is 0.634. The van der Waals surface area contributed by atoms with Crippen LogP contribution in [-0.4, -0.2) is 15.0 Å². The standard InChI is InChI=1S/C43H27N3O/c1-3-13-28(14-4-1)41-44-42(29-15-5-2-6-16-29)46-43(45-41)34-21-12-19-31(26-34)30-18-11-20-32(25-30)37-27-33-17-7-8-22-35(33)39-36-23-9-10-24-38(36)47-40(37)39/h1-27H. The Kier molecular flexibility index (Phi) is 6.43. The molecule has 0 unspecified atom stereocenters. The average Bonchev–Trinajstić information content (AvgIpc) is 3.55. The Morgan fingerprint density at radius 1 is 0.362 bits per heavy atom. The quantitative estimate of drug-likeness (QED) is 0.197. The molecule has 47 heavy (non-hydrogen) atoms. The van der Waals surface area contributed by atoms with Gasteiger partial charge < -0.3 is 4.42 Å². The van der Waals surface area contributed by atoms with Crippen molar-refractivity contribution < 1.29 is 4.42 Å². The predicted molar refractivity (Wildman–Crippen MR) is 192 cm³/mol. The van der Waals surface area contributed by atoms with Crippen molar-refractivity contribution in [1.29, 1.82) is 0 Å². The molecular formula is C43H27N3O. The number of hydrogen-bond acceptors (Lipinski definition) is 4. The highest BCUT2D eigenvalue weighted by molar-refractivity contribution is 6.22. The van der Waals surface area contributed by atoms with E-state index in [4.69, 9.17) is 19.4 Å². The normalized spacial score (nSPS) is 11.4. The van der Waals surface area contributed by atoms with E-state index in [9.17, 15) is 0 Å². The minimum absolute atomic E-state index is 0.634. The summed E-state index contributed by atoms with van der Waals surface area (Å²) in [4.78, 5) is 14.8. The van der Waals surface area contributed by atoms with Crippen LogP contribution in [0.25, 0.3) is 89.1 Å². The van der Waals surface area contributed by atoms with Gasteiger partial charge in [0.25, 0.3) is 0 Å². The molecular weight excluding hydrogens is 574 g/mol. The lowest BCUT2D eigenvalue weighted by Crippen LogP contribution is -2.00. The van der Waals surface area contributed by atoms with Crippen LogP contribution in [0.4, 0.5) is 0 Å². The van der Waals surface area contributed by atoms with E-state index in [-0.39, 0.29) is 0 Å². The second-order valence-electron chi connectivity index (χ2n) is 11.6. The third-order valence-electron chi connectivity index (χ3n) is 8.70. The van der Waals surface area contributed by atoms with Crippen molar-refractivity contribution >= 4 is 32.7 Å². The molecule has 2 heterocycles. The van der Waals surface area contributed by atoms with Gasteiger partial charge in [-0.3, -0.25) is 0 Å². The van der Waals surface area contributed by atoms with Crippen LogP contribution in [0.15, 0.2) is 168 Å². The molecule has 0 aliphatic heterocycles. The van der Waals surface area contributed by atoms with Gasteiger partial charge in [0.05, 0.1) is 0 Å². The second-order valence-corrected chi connectivity index (χ2v) is 11.6. The van der Waals surface area contributed by atoms with E-state index >= 15 is 0 Å². The molecule has 0 aliphatic carbocycles. The molecule has 0 radical (unpaired) electrons. The van der Waals surface area contributed by atoms with E-state index in [0.29, 0.717) is 17.5 Å². The molecule has 0 N–H and O–H groups in total. The average molecular weight is 602 g/mol. The highest BCUT2D eigenvalue weighted by Gasteiger charge is 2.17. The van der Waals surface area contributed by atoms with Crippen molar-refractivity contribution in [3.8, 4) is 56.4 Å². The maximum absolute atomic E-state index is 6.54. The molecule has 0 spiro atoms. The number of rotatable bonds is 5. The van der Waals surface area contributed by atoms with Gasteiger partial charge in [-0.05, 0) is 51.7 Å². The minimum Gasteiger partial charge on any atom is -0.455 e. The molecule has 9 rings (SSSR count). The number of fused-ring (bicyclic) bond motifs is 5. The van der Waals surface area contributed by atoms with Crippen LogP contribution in [0.1, 0.15) is 0 Å². The molecule has 0 saturated carbocycles. The largest absolute Gasteiger partial charge is 0.455 e. The monoisotopic (exact) mass is 601 g/mol. The summed E-state index contributed by atoms with van der Waals surface area (Å²) in [7, 11) is 0. The maximum Gasteiger partial charge on any atom is 0.164 e. The first kappa shape index (κ1) is 27.0. The molecule has 4 heteroatoms. The summed E-state index contributed by atoms with van der Waals surface area (Å²) in [5.74, 6) is 1.93. The number of nitrogens with zero attached hydrogens (tertiary/aromatic N) is 3. The van der Waals surface area contributed by atoms with Gasteiger partial charge in [-0.1, -0.05) is 140 Å². The van der Waals surface area contributed by atoms with Crippen molar-refractivity contribution in [2.75, 3.05) is 0 Å². The number of furan rings is 1. The Labute approximate surface area is 271 Å². The Morgan fingerprint density at radius 2 is 0.851 bits per heavy atom. The number of hydrogen-bond donors (Lipinski definition) is 0. The highest BCUT2D eigenvalue weighted by atomic mass is 16.3. The topological polar surface area (TPSA) is 51.8 Å². The first-order chi connectivity index (χ1) is 23.3. The Balaban J connectivity index is 1.18. The van der Waals surface area contributed by atoms with Crippen LogP contribution in [-0.2, 0) is 0 Å². The summed E-state index contributed by atoms with van der Waals surface area (Å²) >= 11 is 0. The fraction of sp³-hybridized carbons (Fsp3) is 0. The number of para-hydroxylation sites is 1. The first-order valence-electron chi connectivity index (χ1n) is 15.7. The van der Waals surface area contributed by atoms with Gasteiger partial charge in [-0.2, -0.15) is 0 Å². The van der Waals surface area contributed by atoms with Crippen molar-refractivity contribution in [1.82, 2.24) is 15.0 Å². The van der Waals surface area contributed by atoms with Crippen molar-refractivity contribution in [2.45, 2.75) is 0 Å². The van der Waals surface area contributed by atoms with E-state index in [2.05, 4.69) is 91.0 Å². The van der Waals surface area contributed by atoms with Crippen LogP contribution in [0.2, 0.25) is 0 Å². The molecule has 4 nitrogen and oxygen atoms in total. The van der Waals surface area contributed by atoms with Gasteiger partial charge in [-0.15, -0.1) is 0 Å². The van der Waals surface area contributed by atoms with Gasteiger partial charge in [0.2, 0.25) is 0 Å². The molecule has 0 atom stereocenters. The van der Waals surface area contributed by atoms with Gasteiger partial charge in [0, 0.05) is 33.0 Å². The van der Waals surface area contributed by atoms with Crippen molar-refractivity contribution in [3.63, 3.8) is 0 Å². The third kappa shape index (κ3) is 4.84. The summed E-state index contributed by atoms with van der Waals surface area (Å²) in [5, 5.41) is 4.67. The fourth-order valence-electron chi connectivity index (χ4n) is 6.43. The highest BCUT2D eigenvalue weighted by Crippen LogP contribution is 2.41. The van der Waals surface area contributed by atoms with Crippen LogP contribution in [0.3, 0.4) is 0 Å². The zero-order chi connectivity index (χ0) is 31.2. The molecule has 0 fully saturated rings. The van der Waals surface area contributed by atoms with E-state index in [1.165, 1.54) is 10.8 Å². The smallest absolute Gasteiger partial charge is 0.164 e. The van der Waals surface area contributed by atoms with E-state index < -0.39 is 0 Å². The van der Waals surface area contributed by atoms with Gasteiger partial charge in [0.15, 0.2) is 17.5 Å². The molecule has 220 valence electrons. The summed E-state index contributed by atoms with van der Waals surface area (Å²) in [6, 6.07) is 56.3. The predicted octanol–water partition coefficient (Wildman–Crippen LogP) is 11.3. The summed E-state index contributed by atoms with van der Waals surface area (Å²) < 4.78 is 6.54. The number of benzene rings is 7. The third-order valence-corrected chi connectivity index (χ3v) is 8.70. The SMILES string of the molecule is c1ccc(-c2nc(-c3ccccc3)nc(-c3cccc(-c4cccc(-c5cc6ccccc6c6c5oc5ccccc56)c4)c3)n2)cc1. The van der Waals surface area contributed by atoms with Crippen LogP contribution < -0.4 is 0 Å². The van der Waals surface area contributed by atoms with Crippen molar-refractivity contribution in [2.24, 2.45) is 0 Å². The molecule has 0 amide bonds. The Bertz CT molecular complexity index is 2510. The molecule has 0 saturated heterocycles. The van der Waals surface area contributed by atoms with Gasteiger partial charge >= 0.3 is 0 Å². The summed E-state index contributed by atoms with van der Waals surface area (Å²) in [5.41, 5.74) is 8.97. The fourth-order valence-corrected chi connectivity index (χ4v) is 6.43. The molecule has 0 aliphatic rings. The zero-order valence-corrected chi connectivity index (χ0v) is 25.3. The second kappa shape index (κ2) is 11.2. The Hall–Kier alpha value is -6.39. The van der Waals surface area contributed by atoms with Crippen molar-refractivity contribution in [3.05, 3.63) is 164 Å². The first-order valence-corrected chi connectivity index (χ1v) is 15.7. The van der Waals surface area contributed by atoms with Crippen LogP contribution in [0, 0.1) is 0 Å². The lowest BCUT2D eigenvalue weighted by molar-refractivity contribution is 0.670. The summed E-state index contributed by atoms with van der Waals surface area (Å²) in [6.45, 7) is 0. The van der Waals surface area contributed by atoms with E-state index in [1.807, 2.05) is 72.8 Å².